The van der Waals surface area contributed by atoms with E-state index in [0.717, 1.165) is 25.7 Å². The summed E-state index contributed by atoms with van der Waals surface area (Å²) in [4.78, 5) is 25.1. The van der Waals surface area contributed by atoms with Gasteiger partial charge >= 0.3 is 5.97 Å². The minimum absolute atomic E-state index is 0.0666. The molecule has 0 spiro atoms. The smallest absolute Gasteiger partial charge is 0.357 e. The summed E-state index contributed by atoms with van der Waals surface area (Å²) in [6, 6.07) is 0. The number of methoxy groups -OCH3 is 2. The van der Waals surface area contributed by atoms with Crippen molar-refractivity contribution in [3.8, 4) is 0 Å². The van der Waals surface area contributed by atoms with Crippen molar-refractivity contribution in [2.45, 2.75) is 108 Å². The molecule has 28 heavy (non-hydrogen) atoms. The van der Waals surface area contributed by atoms with E-state index in [9.17, 15) is 9.59 Å². The molecule has 1 unspecified atom stereocenters. The normalized spacial score (nSPS) is 25.5. The third-order valence-corrected chi connectivity index (χ3v) is 6.23. The fourth-order valence-electron chi connectivity index (χ4n) is 4.40. The second-order valence-corrected chi connectivity index (χ2v) is 8.50. The molecule has 1 aliphatic carbocycles. The van der Waals surface area contributed by atoms with Crippen LogP contribution < -0.4 is 0 Å². The fraction of sp³-hybridized carbons (Fsp3) is 0.864. The van der Waals surface area contributed by atoms with Crippen LogP contribution in [0.25, 0.3) is 0 Å². The van der Waals surface area contributed by atoms with E-state index in [0.29, 0.717) is 0 Å². The molecule has 1 amide bonds. The minimum Gasteiger partial charge on any atom is -0.464 e. The first-order valence-electron chi connectivity index (χ1n) is 11.0. The molecule has 0 aromatic heterocycles. The Morgan fingerprint density at radius 2 is 1.39 bits per heavy atom. The summed E-state index contributed by atoms with van der Waals surface area (Å²) < 4.78 is 10.2. The number of carbonyl (C=O) groups is 2. The molecule has 6 nitrogen and oxygen atoms in total. The van der Waals surface area contributed by atoms with E-state index >= 15 is 0 Å². The van der Waals surface area contributed by atoms with Crippen molar-refractivity contribution >= 4 is 17.6 Å². The van der Waals surface area contributed by atoms with Crippen LogP contribution in [0.15, 0.2) is 5.10 Å². The topological polar surface area (TPSA) is 68.2 Å². The van der Waals surface area contributed by atoms with Gasteiger partial charge in [0.1, 0.15) is 6.10 Å². The molecule has 0 saturated heterocycles. The number of hydrogen-bond donors (Lipinski definition) is 0. The van der Waals surface area contributed by atoms with E-state index in [-0.39, 0.29) is 23.6 Å². The lowest BCUT2D eigenvalue weighted by Crippen LogP contribution is -2.53. The molecule has 2 rings (SSSR count). The van der Waals surface area contributed by atoms with Gasteiger partial charge in [-0.25, -0.2) is 9.80 Å². The summed E-state index contributed by atoms with van der Waals surface area (Å²) in [5, 5.41) is 6.07. The van der Waals surface area contributed by atoms with Crippen LogP contribution in [-0.4, -0.2) is 48.5 Å². The maximum absolute atomic E-state index is 12.9. The minimum atomic E-state index is -0.627. The first kappa shape index (κ1) is 22.9. The monoisotopic (exact) mass is 394 g/mol. The van der Waals surface area contributed by atoms with Gasteiger partial charge in [-0.3, -0.25) is 4.79 Å². The molecule has 1 aliphatic heterocycles. The standard InChI is InChI=1S/C22H38N2O4/c1-22(15-13-11-9-7-5-4-6-8-10-12-14-16-22)24-19(25)17-18(27-2)20(23-24)21(26)28-3/h18H,4-17H2,1-3H3. The van der Waals surface area contributed by atoms with Crippen molar-refractivity contribution in [3.63, 3.8) is 0 Å². The third kappa shape index (κ3) is 6.29. The van der Waals surface area contributed by atoms with Gasteiger partial charge in [-0.05, 0) is 19.8 Å². The predicted molar refractivity (Wildman–Crippen MR) is 110 cm³/mol. The molecular formula is C22H38N2O4. The SMILES string of the molecule is COC(=O)C1=NN(C2(C)CCCCCCCCCCCCC2)C(=O)CC1OC. The van der Waals surface area contributed by atoms with Crippen molar-refractivity contribution in [1.29, 1.82) is 0 Å². The molecular weight excluding hydrogens is 356 g/mol. The van der Waals surface area contributed by atoms with Crippen LogP contribution in [0.2, 0.25) is 0 Å². The number of esters is 1. The molecule has 0 radical (unpaired) electrons. The highest BCUT2D eigenvalue weighted by molar-refractivity contribution is 6.39. The summed E-state index contributed by atoms with van der Waals surface area (Å²) in [5.41, 5.74) is -0.163. The van der Waals surface area contributed by atoms with E-state index in [1.165, 1.54) is 72.0 Å². The third-order valence-electron chi connectivity index (χ3n) is 6.23. The summed E-state index contributed by atoms with van der Waals surface area (Å²) in [5.74, 6) is -0.586. The van der Waals surface area contributed by atoms with Gasteiger partial charge in [-0.15, -0.1) is 0 Å². The van der Waals surface area contributed by atoms with Crippen LogP contribution in [0.4, 0.5) is 0 Å². The highest BCUT2D eigenvalue weighted by Crippen LogP contribution is 2.33. The van der Waals surface area contributed by atoms with Crippen LogP contribution >= 0.6 is 0 Å². The molecule has 0 N–H and O–H groups in total. The molecule has 1 atom stereocenters. The van der Waals surface area contributed by atoms with Crippen molar-refractivity contribution in [1.82, 2.24) is 5.01 Å². The Hall–Kier alpha value is -1.43. The number of amides is 1. The van der Waals surface area contributed by atoms with Crippen molar-refractivity contribution in [2.24, 2.45) is 5.10 Å². The number of hydrogen-bond acceptors (Lipinski definition) is 5. The molecule has 0 aromatic carbocycles. The fourth-order valence-corrected chi connectivity index (χ4v) is 4.40. The highest BCUT2D eigenvalue weighted by atomic mass is 16.5. The van der Waals surface area contributed by atoms with E-state index < -0.39 is 12.1 Å². The maximum Gasteiger partial charge on any atom is 0.357 e. The lowest BCUT2D eigenvalue weighted by atomic mass is 9.86. The largest absolute Gasteiger partial charge is 0.464 e. The second kappa shape index (κ2) is 11.5. The summed E-state index contributed by atoms with van der Waals surface area (Å²) in [7, 11) is 2.83. The Balaban J connectivity index is 2.18. The van der Waals surface area contributed by atoms with Gasteiger partial charge in [-0.2, -0.15) is 5.10 Å². The average molecular weight is 395 g/mol. The summed E-state index contributed by atoms with van der Waals surface area (Å²) >= 11 is 0. The zero-order valence-electron chi connectivity index (χ0n) is 18.0. The summed E-state index contributed by atoms with van der Waals surface area (Å²) in [6.07, 6.45) is 15.0. The van der Waals surface area contributed by atoms with Gasteiger partial charge < -0.3 is 9.47 Å². The number of nitrogens with zero attached hydrogens (tertiary/aromatic N) is 2. The Kier molecular flexibility index (Phi) is 9.42. The number of rotatable bonds is 3. The molecule has 1 fully saturated rings. The van der Waals surface area contributed by atoms with Crippen LogP contribution in [-0.2, 0) is 19.1 Å². The maximum atomic E-state index is 12.9. The van der Waals surface area contributed by atoms with Crippen LogP contribution in [0.5, 0.6) is 0 Å². The Morgan fingerprint density at radius 1 is 0.929 bits per heavy atom. The van der Waals surface area contributed by atoms with E-state index in [2.05, 4.69) is 12.0 Å². The molecule has 0 bridgehead atoms. The van der Waals surface area contributed by atoms with Gasteiger partial charge in [0.25, 0.3) is 0 Å². The van der Waals surface area contributed by atoms with Crippen molar-refractivity contribution in [2.75, 3.05) is 14.2 Å². The van der Waals surface area contributed by atoms with Gasteiger partial charge in [0.2, 0.25) is 5.91 Å². The Morgan fingerprint density at radius 3 is 1.82 bits per heavy atom. The quantitative estimate of drug-likeness (QED) is 0.656. The van der Waals surface area contributed by atoms with Gasteiger partial charge in [0.05, 0.1) is 19.1 Å². The highest BCUT2D eigenvalue weighted by Gasteiger charge is 2.42. The van der Waals surface area contributed by atoms with E-state index in [4.69, 9.17) is 9.47 Å². The second-order valence-electron chi connectivity index (χ2n) is 8.50. The first-order chi connectivity index (χ1) is 13.5. The lowest BCUT2D eigenvalue weighted by molar-refractivity contribution is -0.142. The first-order valence-corrected chi connectivity index (χ1v) is 11.0. The average Bonchev–Trinajstić information content (AvgIpc) is 2.70. The van der Waals surface area contributed by atoms with Gasteiger partial charge in [0, 0.05) is 7.11 Å². The van der Waals surface area contributed by atoms with Gasteiger partial charge in [0.15, 0.2) is 5.71 Å². The Labute approximate surface area is 170 Å². The summed E-state index contributed by atoms with van der Waals surface area (Å²) in [6.45, 7) is 2.13. The van der Waals surface area contributed by atoms with Crippen LogP contribution in [0, 0.1) is 0 Å². The van der Waals surface area contributed by atoms with Gasteiger partial charge in [-0.1, -0.05) is 70.6 Å². The van der Waals surface area contributed by atoms with E-state index in [1.54, 1.807) is 5.01 Å². The molecule has 1 saturated carbocycles. The molecule has 0 aromatic rings. The zero-order chi connectivity index (χ0) is 20.4. The number of hydrazone groups is 1. The molecule has 2 aliphatic rings. The van der Waals surface area contributed by atoms with Crippen LogP contribution in [0.1, 0.15) is 96.8 Å². The predicted octanol–water partition coefficient (Wildman–Crippen LogP) is 4.61. The number of ether oxygens (including phenoxy) is 2. The van der Waals surface area contributed by atoms with E-state index in [1.807, 2.05) is 0 Å². The van der Waals surface area contributed by atoms with Crippen molar-refractivity contribution < 1.29 is 19.1 Å². The molecule has 160 valence electrons. The van der Waals surface area contributed by atoms with Crippen molar-refractivity contribution in [3.05, 3.63) is 0 Å². The van der Waals surface area contributed by atoms with Crippen LogP contribution in [0.3, 0.4) is 0 Å². The lowest BCUT2D eigenvalue weighted by Gasteiger charge is -2.41. The Bertz CT molecular complexity index is 533. The molecule has 6 heteroatoms. The molecule has 1 heterocycles. The zero-order valence-corrected chi connectivity index (χ0v) is 18.0. The number of carbonyl (C=O) groups excluding carboxylic acids is 2.